The molecule has 2 aromatic rings. The third kappa shape index (κ3) is 7.13. The first-order valence-electron chi connectivity index (χ1n) is 7.01. The molecule has 0 aliphatic heterocycles. The molecule has 2 aromatic heterocycles. The van der Waals surface area contributed by atoms with Crippen molar-refractivity contribution in [1.82, 2.24) is 25.4 Å². The number of hydrogen-bond donors (Lipinski definition) is 2. The molecular formula is C13H14F3N5O2S2. The smallest absolute Gasteiger partial charge is 0.329 e. The third-order valence-electron chi connectivity index (χ3n) is 2.79. The highest BCUT2D eigenvalue weighted by Gasteiger charge is 2.28. The van der Waals surface area contributed by atoms with Crippen molar-refractivity contribution in [2.24, 2.45) is 0 Å². The second kappa shape index (κ2) is 8.85. The van der Waals surface area contributed by atoms with Crippen LogP contribution in [0, 0.1) is 0 Å². The molecule has 7 nitrogen and oxygen atoms in total. The van der Waals surface area contributed by atoms with Crippen LogP contribution >= 0.6 is 23.1 Å². The Morgan fingerprint density at radius 1 is 1.36 bits per heavy atom. The minimum atomic E-state index is -4.53. The molecule has 0 unspecified atom stereocenters. The maximum atomic E-state index is 12.0. The van der Waals surface area contributed by atoms with Gasteiger partial charge in [-0.15, -0.1) is 21.5 Å². The van der Waals surface area contributed by atoms with Gasteiger partial charge in [-0.3, -0.25) is 10.1 Å². The highest BCUT2D eigenvalue weighted by Crippen LogP contribution is 2.16. The molecule has 2 N–H and O–H groups in total. The van der Waals surface area contributed by atoms with Crippen molar-refractivity contribution in [2.75, 3.05) is 12.3 Å². The van der Waals surface area contributed by atoms with Gasteiger partial charge in [-0.25, -0.2) is 4.79 Å². The van der Waals surface area contributed by atoms with Gasteiger partial charge in [-0.2, -0.15) is 13.2 Å². The van der Waals surface area contributed by atoms with E-state index in [1.165, 1.54) is 11.2 Å². The van der Waals surface area contributed by atoms with Gasteiger partial charge in [0, 0.05) is 11.4 Å². The topological polar surface area (TPSA) is 88.9 Å². The molecule has 3 amide bonds. The Hall–Kier alpha value is -2.08. The lowest BCUT2D eigenvalue weighted by Crippen LogP contribution is -2.43. The van der Waals surface area contributed by atoms with Gasteiger partial charge in [0.2, 0.25) is 5.91 Å². The van der Waals surface area contributed by atoms with E-state index >= 15 is 0 Å². The predicted octanol–water partition coefficient (Wildman–Crippen LogP) is 2.06. The Bertz CT molecular complexity index is 703. The SMILES string of the molecule is O=C(CSc1nncn1CCc1cccs1)NC(=O)NCC(F)(F)F. The maximum Gasteiger partial charge on any atom is 0.405 e. The molecular weight excluding hydrogens is 379 g/mol. The number of alkyl halides is 3. The van der Waals surface area contributed by atoms with Gasteiger partial charge in [0.05, 0.1) is 5.75 Å². The van der Waals surface area contributed by atoms with Gasteiger partial charge in [0.1, 0.15) is 12.9 Å². The van der Waals surface area contributed by atoms with Crippen molar-refractivity contribution in [3.63, 3.8) is 0 Å². The van der Waals surface area contributed by atoms with Crippen LogP contribution in [0.25, 0.3) is 0 Å². The van der Waals surface area contributed by atoms with Gasteiger partial charge in [0.15, 0.2) is 5.16 Å². The predicted molar refractivity (Wildman–Crippen MR) is 86.4 cm³/mol. The van der Waals surface area contributed by atoms with E-state index in [-0.39, 0.29) is 5.75 Å². The van der Waals surface area contributed by atoms with E-state index in [0.717, 1.165) is 18.2 Å². The van der Waals surface area contributed by atoms with Crippen molar-refractivity contribution in [1.29, 1.82) is 0 Å². The average molecular weight is 393 g/mol. The van der Waals surface area contributed by atoms with E-state index in [1.807, 2.05) is 22.8 Å². The van der Waals surface area contributed by atoms with E-state index in [4.69, 9.17) is 0 Å². The minimum absolute atomic E-state index is 0.170. The Morgan fingerprint density at radius 3 is 2.84 bits per heavy atom. The second-order valence-corrected chi connectivity index (χ2v) is 6.75. The number of amides is 3. The number of rotatable bonds is 7. The molecule has 0 saturated carbocycles. The summed E-state index contributed by atoms with van der Waals surface area (Å²) in [4.78, 5) is 24.0. The first-order chi connectivity index (χ1) is 11.8. The van der Waals surface area contributed by atoms with Gasteiger partial charge >= 0.3 is 12.2 Å². The lowest BCUT2D eigenvalue weighted by Gasteiger charge is -2.09. The number of nitrogens with one attached hydrogen (secondary N) is 2. The fourth-order valence-corrected chi connectivity index (χ4v) is 3.15. The Balaban J connectivity index is 1.74. The molecule has 0 fully saturated rings. The molecule has 12 heteroatoms. The monoisotopic (exact) mass is 393 g/mol. The second-order valence-electron chi connectivity index (χ2n) is 4.77. The number of aryl methyl sites for hydroxylation is 2. The number of thiophene rings is 1. The van der Waals surface area contributed by atoms with Gasteiger partial charge in [0.25, 0.3) is 0 Å². The molecule has 2 rings (SSSR count). The van der Waals surface area contributed by atoms with E-state index < -0.39 is 24.7 Å². The summed E-state index contributed by atoms with van der Waals surface area (Å²) in [6.07, 6.45) is -2.21. The zero-order chi connectivity index (χ0) is 18.3. The Labute approximate surface area is 149 Å². The summed E-state index contributed by atoms with van der Waals surface area (Å²) in [7, 11) is 0. The van der Waals surface area contributed by atoms with Crippen LogP contribution in [0.3, 0.4) is 0 Å². The van der Waals surface area contributed by atoms with E-state index in [1.54, 1.807) is 21.2 Å². The molecule has 25 heavy (non-hydrogen) atoms. The van der Waals surface area contributed by atoms with Gasteiger partial charge < -0.3 is 9.88 Å². The van der Waals surface area contributed by atoms with Crippen molar-refractivity contribution >= 4 is 35.0 Å². The molecule has 0 radical (unpaired) electrons. The number of nitrogens with zero attached hydrogens (tertiary/aromatic N) is 3. The molecule has 0 aliphatic carbocycles. The standard InChI is InChI=1S/C13H14F3N5O2S2/c14-13(15,16)7-17-11(23)19-10(22)6-25-12-20-18-8-21(12)4-3-9-2-1-5-24-9/h1-2,5,8H,3-4,6-7H2,(H2,17,19,22,23). The average Bonchev–Trinajstić information content (AvgIpc) is 3.19. The van der Waals surface area contributed by atoms with Crippen molar-refractivity contribution < 1.29 is 22.8 Å². The number of carbonyl (C=O) groups is 2. The van der Waals surface area contributed by atoms with Crippen LogP contribution in [0.15, 0.2) is 29.0 Å². The first-order valence-corrected chi connectivity index (χ1v) is 8.87. The Kier molecular flexibility index (Phi) is 6.82. The van der Waals surface area contributed by atoms with Gasteiger partial charge in [-0.1, -0.05) is 17.8 Å². The molecule has 0 atom stereocenters. The fourth-order valence-electron chi connectivity index (χ4n) is 1.71. The van der Waals surface area contributed by atoms with Crippen LogP contribution in [-0.4, -0.2) is 45.2 Å². The van der Waals surface area contributed by atoms with Gasteiger partial charge in [-0.05, 0) is 17.9 Å². The van der Waals surface area contributed by atoms with Crippen molar-refractivity contribution in [3.05, 3.63) is 28.7 Å². The molecule has 0 aromatic carbocycles. The molecule has 2 heterocycles. The van der Waals surface area contributed by atoms with Crippen LogP contribution in [0.4, 0.5) is 18.0 Å². The number of urea groups is 1. The fraction of sp³-hybridized carbons (Fsp3) is 0.385. The normalized spacial score (nSPS) is 11.3. The van der Waals surface area contributed by atoms with E-state index in [2.05, 4.69) is 10.2 Å². The highest BCUT2D eigenvalue weighted by molar-refractivity contribution is 7.99. The quantitative estimate of drug-likeness (QED) is 0.703. The zero-order valence-corrected chi connectivity index (χ0v) is 14.4. The summed E-state index contributed by atoms with van der Waals surface area (Å²) >= 11 is 2.68. The van der Waals surface area contributed by atoms with Crippen LogP contribution < -0.4 is 10.6 Å². The zero-order valence-electron chi connectivity index (χ0n) is 12.7. The first kappa shape index (κ1) is 19.2. The molecule has 0 bridgehead atoms. The molecule has 0 saturated heterocycles. The summed E-state index contributed by atoms with van der Waals surface area (Å²) in [5.74, 6) is -0.894. The summed E-state index contributed by atoms with van der Waals surface area (Å²) in [6, 6.07) is 2.77. The lowest BCUT2D eigenvalue weighted by atomic mass is 10.3. The van der Waals surface area contributed by atoms with Crippen molar-refractivity contribution in [3.8, 4) is 0 Å². The highest BCUT2D eigenvalue weighted by atomic mass is 32.2. The number of imide groups is 1. The summed E-state index contributed by atoms with van der Waals surface area (Å²) in [5, 5.41) is 13.5. The summed E-state index contributed by atoms with van der Waals surface area (Å²) in [6.45, 7) is -0.875. The van der Waals surface area contributed by atoms with E-state index in [9.17, 15) is 22.8 Å². The van der Waals surface area contributed by atoms with Crippen LogP contribution in [0.5, 0.6) is 0 Å². The largest absolute Gasteiger partial charge is 0.405 e. The minimum Gasteiger partial charge on any atom is -0.329 e. The lowest BCUT2D eigenvalue weighted by molar-refractivity contribution is -0.124. The number of thioether (sulfide) groups is 1. The Morgan fingerprint density at radius 2 is 2.16 bits per heavy atom. The van der Waals surface area contributed by atoms with Crippen LogP contribution in [-0.2, 0) is 17.8 Å². The number of hydrogen-bond acceptors (Lipinski definition) is 6. The van der Waals surface area contributed by atoms with E-state index in [0.29, 0.717) is 11.7 Å². The third-order valence-corrected chi connectivity index (χ3v) is 4.71. The maximum absolute atomic E-state index is 12.0. The number of aromatic nitrogens is 3. The summed E-state index contributed by atoms with van der Waals surface area (Å²) in [5.41, 5.74) is 0. The molecule has 0 aliphatic rings. The molecule has 136 valence electrons. The van der Waals surface area contributed by atoms with Crippen LogP contribution in [0.2, 0.25) is 0 Å². The number of carbonyl (C=O) groups excluding carboxylic acids is 2. The number of halogens is 3. The van der Waals surface area contributed by atoms with Crippen molar-refractivity contribution in [2.45, 2.75) is 24.3 Å². The molecule has 0 spiro atoms. The summed E-state index contributed by atoms with van der Waals surface area (Å²) < 4.78 is 37.6. The van der Waals surface area contributed by atoms with Crippen LogP contribution in [0.1, 0.15) is 4.88 Å².